The average molecular weight is 399 g/mol. The van der Waals surface area contributed by atoms with Crippen molar-refractivity contribution in [3.05, 3.63) is 0 Å². The van der Waals surface area contributed by atoms with E-state index < -0.39 is 19.0 Å². The summed E-state index contributed by atoms with van der Waals surface area (Å²) >= 11 is -6.02. The summed E-state index contributed by atoms with van der Waals surface area (Å²) in [6.07, 6.45) is 0. The van der Waals surface area contributed by atoms with Crippen LogP contribution < -0.4 is 6.94 Å². The largest absolute Gasteiger partial charge is 2.00 e. The Morgan fingerprint density at radius 2 is 1.17 bits per heavy atom. The first-order valence-corrected chi connectivity index (χ1v) is 4.47. The molecule has 34 valence electrons. The van der Waals surface area contributed by atoms with Gasteiger partial charge in [-0.15, -0.1) is 0 Å². The molecule has 0 aromatic rings. The molecule has 0 aliphatic carbocycles. The van der Waals surface area contributed by atoms with E-state index in [9.17, 15) is 0 Å². The van der Waals surface area contributed by atoms with Crippen molar-refractivity contribution in [3.63, 3.8) is 0 Å². The molecule has 0 heterocycles. The second kappa shape index (κ2) is 3.26. The number of hydrogen-bond acceptors (Lipinski definition) is 4. The van der Waals surface area contributed by atoms with E-state index in [-0.39, 0.29) is 27.3 Å². The third kappa shape index (κ3) is 61.8. The number of rotatable bonds is 0. The summed E-state index contributed by atoms with van der Waals surface area (Å²) in [5, 5.41) is 0. The van der Waals surface area contributed by atoms with Crippen LogP contribution in [0.5, 0.6) is 0 Å². The molecule has 0 amide bonds. The van der Waals surface area contributed by atoms with Crippen LogP contribution >= 0.6 is 0 Å². The zero-order valence-electron chi connectivity index (χ0n) is 2.54. The fourth-order valence-electron chi connectivity index (χ4n) is 0. The second-order valence-electron chi connectivity index (χ2n) is 0.408. The topological polar surface area (TPSA) is 80.3 Å². The van der Waals surface area contributed by atoms with E-state index in [0.717, 1.165) is 0 Å². The summed E-state index contributed by atoms with van der Waals surface area (Å²) in [7, 11) is 0. The Labute approximate surface area is 59.0 Å². The maximum absolute atomic E-state index is 8.63. The minimum atomic E-state index is -6.02. The van der Waals surface area contributed by atoms with Crippen molar-refractivity contribution in [2.75, 3.05) is 0 Å². The molecule has 0 saturated heterocycles. The van der Waals surface area contributed by atoms with Crippen LogP contribution in [0.15, 0.2) is 0 Å². The van der Waals surface area contributed by atoms with Gasteiger partial charge in [0.25, 0.3) is 0 Å². The Kier molecular flexibility index (Phi) is 5.58. The fourth-order valence-corrected chi connectivity index (χ4v) is 0. The molecular formula is O4PbTe. The Balaban J connectivity index is 0. The molecule has 0 spiro atoms. The third-order valence-corrected chi connectivity index (χ3v) is 0. The average Bonchev–Trinajstić information content (AvgIpc) is 0.722. The Morgan fingerprint density at radius 1 is 1.17 bits per heavy atom. The van der Waals surface area contributed by atoms with E-state index in [1.165, 1.54) is 0 Å². The van der Waals surface area contributed by atoms with Crippen LogP contribution in [-0.4, -0.2) is 46.3 Å². The molecule has 0 atom stereocenters. The zero-order chi connectivity index (χ0) is 4.50. The van der Waals surface area contributed by atoms with E-state index in [2.05, 4.69) is 0 Å². The van der Waals surface area contributed by atoms with Crippen molar-refractivity contribution in [2.45, 2.75) is 0 Å². The van der Waals surface area contributed by atoms with Gasteiger partial charge in [-0.25, -0.2) is 0 Å². The van der Waals surface area contributed by atoms with E-state index in [0.29, 0.717) is 0 Å². The van der Waals surface area contributed by atoms with Gasteiger partial charge < -0.3 is 0 Å². The van der Waals surface area contributed by atoms with Crippen LogP contribution in [0.4, 0.5) is 0 Å². The van der Waals surface area contributed by atoms with Crippen molar-refractivity contribution in [1.29, 1.82) is 0 Å². The van der Waals surface area contributed by atoms with Gasteiger partial charge in [-0.1, -0.05) is 0 Å². The molecule has 2 radical (unpaired) electrons. The number of hydrogen-bond donors (Lipinski definition) is 0. The Bertz CT molecular complexity index is 90.7. The van der Waals surface area contributed by atoms with Crippen LogP contribution in [0, 0.1) is 0 Å². The SMILES string of the molecule is O=[Te](=O)([O-])[O-].[Pb+2]. The molecule has 0 aliphatic heterocycles. The summed E-state index contributed by atoms with van der Waals surface area (Å²) in [5.41, 5.74) is 0. The van der Waals surface area contributed by atoms with Gasteiger partial charge in [-0.05, 0) is 0 Å². The van der Waals surface area contributed by atoms with Gasteiger partial charge in [0.1, 0.15) is 0 Å². The summed E-state index contributed by atoms with van der Waals surface area (Å²) < 4.78 is 34.5. The standard InChI is InChI=1S/H2O4Te.Pb/c1-5(2,3)4;/h(H2,1,2,3,4);/q;+2/p-2. The summed E-state index contributed by atoms with van der Waals surface area (Å²) in [4.78, 5) is 0. The van der Waals surface area contributed by atoms with Gasteiger partial charge in [0, 0.05) is 0 Å². The zero-order valence-corrected chi connectivity index (χ0v) is 8.76. The summed E-state index contributed by atoms with van der Waals surface area (Å²) in [6, 6.07) is 0. The first kappa shape index (κ1) is 10.3. The van der Waals surface area contributed by atoms with Gasteiger partial charge in [0.2, 0.25) is 0 Å². The summed E-state index contributed by atoms with van der Waals surface area (Å²) in [5.74, 6) is 0. The molecule has 0 rings (SSSR count). The van der Waals surface area contributed by atoms with E-state index >= 15 is 0 Å². The minimum Gasteiger partial charge on any atom is 2.00 e. The van der Waals surface area contributed by atoms with E-state index in [4.69, 9.17) is 13.2 Å². The molecule has 0 fully saturated rings. The quantitative estimate of drug-likeness (QED) is 0.399. The van der Waals surface area contributed by atoms with Crippen molar-refractivity contribution in [2.24, 2.45) is 0 Å². The molecule has 0 N–H and O–H groups in total. The maximum Gasteiger partial charge on any atom is 2.00 e. The van der Waals surface area contributed by atoms with Crippen LogP contribution in [-0.2, 0) is 6.21 Å². The van der Waals surface area contributed by atoms with Crippen LogP contribution in [0.1, 0.15) is 0 Å². The van der Waals surface area contributed by atoms with Crippen LogP contribution in [0.25, 0.3) is 0 Å². The van der Waals surface area contributed by atoms with Gasteiger partial charge in [0.15, 0.2) is 0 Å². The van der Waals surface area contributed by atoms with Gasteiger partial charge in [-0.2, -0.15) is 0 Å². The predicted molar refractivity (Wildman–Crippen MR) is 12.9 cm³/mol. The van der Waals surface area contributed by atoms with Crippen molar-refractivity contribution in [3.8, 4) is 0 Å². The van der Waals surface area contributed by atoms with Crippen molar-refractivity contribution >= 4 is 46.3 Å². The molecule has 6 heavy (non-hydrogen) atoms. The van der Waals surface area contributed by atoms with E-state index in [1.54, 1.807) is 0 Å². The molecule has 0 aliphatic rings. The van der Waals surface area contributed by atoms with Gasteiger partial charge in [0.05, 0.1) is 0 Å². The molecule has 0 saturated carbocycles. The molecule has 0 aromatic heterocycles. The summed E-state index contributed by atoms with van der Waals surface area (Å²) in [6.45, 7) is 0. The molecule has 4 nitrogen and oxygen atoms in total. The second-order valence-corrected chi connectivity index (χ2v) is 2.74. The first-order valence-electron chi connectivity index (χ1n) is 0.667. The van der Waals surface area contributed by atoms with Crippen LogP contribution in [0.2, 0.25) is 0 Å². The normalized spacial score (nSPS) is 9.67. The maximum atomic E-state index is 8.63. The first-order chi connectivity index (χ1) is 2.00. The molecule has 6 heteroatoms. The Hall–Kier alpha value is 1.23. The molecular weight excluding hydrogens is 399 g/mol. The monoisotopic (exact) mass is 402 g/mol. The predicted octanol–water partition coefficient (Wildman–Crippen LogP) is -3.38. The van der Waals surface area contributed by atoms with Crippen molar-refractivity contribution < 1.29 is 13.2 Å². The molecule has 0 bridgehead atoms. The molecule has 0 aromatic carbocycles. The van der Waals surface area contributed by atoms with Crippen molar-refractivity contribution in [1.82, 2.24) is 0 Å². The third-order valence-electron chi connectivity index (χ3n) is 0. The van der Waals surface area contributed by atoms with Gasteiger partial charge in [-0.3, -0.25) is 0 Å². The van der Waals surface area contributed by atoms with E-state index in [1.807, 2.05) is 0 Å². The smallest absolute Gasteiger partial charge is 2.00 e. The Morgan fingerprint density at radius 3 is 1.17 bits per heavy atom. The molecule has 0 unspecified atom stereocenters. The fraction of sp³-hybridized carbons (Fsp3) is 0. The van der Waals surface area contributed by atoms with Crippen LogP contribution in [0.3, 0.4) is 0 Å². The minimum absolute atomic E-state index is 0. The van der Waals surface area contributed by atoms with Gasteiger partial charge >= 0.3 is 59.4 Å².